The van der Waals surface area contributed by atoms with Crippen LogP contribution in [0.1, 0.15) is 61.5 Å². The van der Waals surface area contributed by atoms with Gasteiger partial charge in [0.1, 0.15) is 22.8 Å². The zero-order valence-electron chi connectivity index (χ0n) is 21.1. The Kier molecular flexibility index (Phi) is 6.01. The molecule has 0 aliphatic heterocycles. The average Bonchev–Trinajstić information content (AvgIpc) is 2.71. The Bertz CT molecular complexity index is 1280. The molecule has 1 fully saturated rings. The number of ketones is 3. The molecule has 4 rings (SSSR count). The second-order valence-electron chi connectivity index (χ2n) is 11.5. The molecule has 0 spiro atoms. The number of phenolic OH excluding ortho intramolecular Hbond substituents is 1. The normalized spacial score (nSPS) is 23.8. The fourth-order valence-corrected chi connectivity index (χ4v) is 5.88. The first kappa shape index (κ1) is 25.5. The molecule has 1 aromatic carbocycles. The molecule has 3 unspecified atom stereocenters. The molecule has 192 valence electrons. The number of benzene rings is 1. The molecular formula is C27H32N2O7. The number of phenols is 1. The maximum Gasteiger partial charge on any atom is 0.255 e. The van der Waals surface area contributed by atoms with Crippen molar-refractivity contribution in [2.24, 2.45) is 28.9 Å². The number of nitrogens with zero attached hydrogens (tertiary/aromatic N) is 1. The van der Waals surface area contributed by atoms with Crippen LogP contribution in [-0.2, 0) is 20.8 Å². The van der Waals surface area contributed by atoms with E-state index in [9.17, 15) is 34.5 Å². The summed E-state index contributed by atoms with van der Waals surface area (Å²) in [5.41, 5.74) is 5.70. The standard InChI is InChI=1S/C27H32N2O7/c1-27(2,3)10-17(31)14-9-15(29(4)5)13-7-11-6-12-8-16(30)21(26(28)36)25(35)19(12)23(33)18(11)24(34)20(13)22(14)32/h9,11-12,19,32,34-35H,6-8,10H2,1-5H3,(H2,28,36). The van der Waals surface area contributed by atoms with E-state index in [1.807, 2.05) is 20.8 Å². The molecule has 3 atom stereocenters. The Morgan fingerprint density at radius 2 is 1.75 bits per heavy atom. The topological polar surface area (TPSA) is 158 Å². The molecule has 3 aliphatic rings. The highest BCUT2D eigenvalue weighted by Crippen LogP contribution is 2.52. The first-order chi connectivity index (χ1) is 16.6. The van der Waals surface area contributed by atoms with Crippen LogP contribution in [0.2, 0.25) is 0 Å². The highest BCUT2D eigenvalue weighted by molar-refractivity contribution is 6.21. The van der Waals surface area contributed by atoms with Crippen LogP contribution in [0.15, 0.2) is 23.0 Å². The van der Waals surface area contributed by atoms with E-state index in [0.29, 0.717) is 24.1 Å². The number of hydrogen-bond acceptors (Lipinski definition) is 8. The van der Waals surface area contributed by atoms with Gasteiger partial charge < -0.3 is 26.0 Å². The third kappa shape index (κ3) is 3.96. The summed E-state index contributed by atoms with van der Waals surface area (Å²) in [5, 5.41) is 33.2. The van der Waals surface area contributed by atoms with Crippen LogP contribution in [0.25, 0.3) is 5.76 Å². The Balaban J connectivity index is 1.91. The summed E-state index contributed by atoms with van der Waals surface area (Å²) in [5.74, 6) is -6.29. The third-order valence-electron chi connectivity index (χ3n) is 7.34. The predicted octanol–water partition coefficient (Wildman–Crippen LogP) is 2.99. The van der Waals surface area contributed by atoms with Crippen molar-refractivity contribution in [2.45, 2.75) is 46.5 Å². The van der Waals surface area contributed by atoms with Crippen molar-refractivity contribution >= 4 is 34.7 Å². The zero-order chi connectivity index (χ0) is 26.9. The van der Waals surface area contributed by atoms with Crippen molar-refractivity contribution in [1.29, 1.82) is 0 Å². The average molecular weight is 497 g/mol. The van der Waals surface area contributed by atoms with Gasteiger partial charge in [0.2, 0.25) is 0 Å². The van der Waals surface area contributed by atoms with Gasteiger partial charge in [-0.15, -0.1) is 0 Å². The summed E-state index contributed by atoms with van der Waals surface area (Å²) in [6, 6.07) is 1.62. The molecule has 9 heteroatoms. The second-order valence-corrected chi connectivity index (χ2v) is 11.5. The summed E-state index contributed by atoms with van der Waals surface area (Å²) in [6.07, 6.45) is 0.662. The lowest BCUT2D eigenvalue weighted by atomic mass is 9.61. The highest BCUT2D eigenvalue weighted by atomic mass is 16.3. The van der Waals surface area contributed by atoms with Gasteiger partial charge in [-0.1, -0.05) is 20.8 Å². The van der Waals surface area contributed by atoms with E-state index in [0.717, 1.165) is 0 Å². The van der Waals surface area contributed by atoms with E-state index < -0.39 is 52.3 Å². The van der Waals surface area contributed by atoms with Crippen LogP contribution in [-0.4, -0.2) is 52.7 Å². The molecular weight excluding hydrogens is 464 g/mol. The number of rotatable bonds is 4. The summed E-state index contributed by atoms with van der Waals surface area (Å²) >= 11 is 0. The minimum atomic E-state index is -1.18. The minimum absolute atomic E-state index is 0.0221. The minimum Gasteiger partial charge on any atom is -0.511 e. The van der Waals surface area contributed by atoms with Crippen LogP contribution in [0.5, 0.6) is 5.75 Å². The van der Waals surface area contributed by atoms with Crippen LogP contribution in [0.3, 0.4) is 0 Å². The number of allylic oxidation sites excluding steroid dienone is 2. The molecule has 0 aromatic heterocycles. The summed E-state index contributed by atoms with van der Waals surface area (Å²) in [7, 11) is 3.58. The quantitative estimate of drug-likeness (QED) is 0.366. The molecule has 0 heterocycles. The first-order valence-corrected chi connectivity index (χ1v) is 12.0. The number of fused-ring (bicyclic) bond motifs is 3. The van der Waals surface area contributed by atoms with E-state index in [2.05, 4.69) is 0 Å². The fraction of sp³-hybridized carbons (Fsp3) is 0.481. The molecule has 0 bridgehead atoms. The number of aliphatic hydroxyl groups is 2. The lowest BCUT2D eigenvalue weighted by molar-refractivity contribution is -0.127. The van der Waals surface area contributed by atoms with Crippen LogP contribution in [0, 0.1) is 23.2 Å². The fourth-order valence-electron chi connectivity index (χ4n) is 5.88. The zero-order valence-corrected chi connectivity index (χ0v) is 21.1. The van der Waals surface area contributed by atoms with Gasteiger partial charge in [-0.25, -0.2) is 0 Å². The Labute approximate surface area is 209 Å². The smallest absolute Gasteiger partial charge is 0.255 e. The van der Waals surface area contributed by atoms with Crippen LogP contribution < -0.4 is 10.6 Å². The molecule has 0 radical (unpaired) electrons. The van der Waals surface area contributed by atoms with E-state index in [1.165, 1.54) is 0 Å². The number of Topliss-reactive ketones (excluding diaryl/α,β-unsaturated/α-hetero) is 3. The number of carbonyl (C=O) groups excluding carboxylic acids is 4. The second kappa shape index (κ2) is 8.50. The number of anilines is 1. The van der Waals surface area contributed by atoms with Gasteiger partial charge in [-0.3, -0.25) is 19.2 Å². The van der Waals surface area contributed by atoms with Gasteiger partial charge in [0.15, 0.2) is 17.3 Å². The molecule has 0 saturated heterocycles. The van der Waals surface area contributed by atoms with Gasteiger partial charge in [-0.05, 0) is 41.7 Å². The van der Waals surface area contributed by atoms with Crippen molar-refractivity contribution < 1.29 is 34.5 Å². The Hall–Kier alpha value is -3.62. The Morgan fingerprint density at radius 3 is 2.31 bits per heavy atom. The van der Waals surface area contributed by atoms with Crippen molar-refractivity contribution in [3.05, 3.63) is 39.7 Å². The lowest BCUT2D eigenvalue weighted by Crippen LogP contribution is -2.44. The summed E-state index contributed by atoms with van der Waals surface area (Å²) < 4.78 is 0. The number of amides is 1. The number of hydrogen-bond donors (Lipinski definition) is 4. The SMILES string of the molecule is CN(C)c1cc(C(=O)CC(C)(C)C)c(O)c2c1CC1CC3CC(=O)C(C(N)=O)=C(O)C3C(=O)C1=C2O. The Morgan fingerprint density at radius 1 is 1.11 bits per heavy atom. The van der Waals surface area contributed by atoms with Gasteiger partial charge >= 0.3 is 0 Å². The van der Waals surface area contributed by atoms with E-state index in [-0.39, 0.29) is 46.5 Å². The van der Waals surface area contributed by atoms with Crippen molar-refractivity contribution in [3.63, 3.8) is 0 Å². The van der Waals surface area contributed by atoms with E-state index >= 15 is 0 Å². The van der Waals surface area contributed by atoms with Crippen LogP contribution >= 0.6 is 0 Å². The highest BCUT2D eigenvalue weighted by Gasteiger charge is 2.51. The molecule has 1 saturated carbocycles. The lowest BCUT2D eigenvalue weighted by Gasteiger charge is -2.41. The molecule has 36 heavy (non-hydrogen) atoms. The predicted molar refractivity (Wildman–Crippen MR) is 133 cm³/mol. The van der Waals surface area contributed by atoms with Crippen molar-refractivity contribution in [2.75, 3.05) is 19.0 Å². The van der Waals surface area contributed by atoms with Gasteiger partial charge in [0, 0.05) is 38.2 Å². The van der Waals surface area contributed by atoms with Gasteiger partial charge in [0.05, 0.1) is 17.0 Å². The van der Waals surface area contributed by atoms with Crippen molar-refractivity contribution in [3.8, 4) is 5.75 Å². The number of primary amides is 1. The van der Waals surface area contributed by atoms with E-state index in [1.54, 1.807) is 25.1 Å². The van der Waals surface area contributed by atoms with Crippen molar-refractivity contribution in [1.82, 2.24) is 0 Å². The molecule has 5 N–H and O–H groups in total. The van der Waals surface area contributed by atoms with Crippen LogP contribution in [0.4, 0.5) is 5.69 Å². The summed E-state index contributed by atoms with van der Waals surface area (Å²) in [6.45, 7) is 5.72. The molecule has 3 aliphatic carbocycles. The largest absolute Gasteiger partial charge is 0.511 e. The third-order valence-corrected chi connectivity index (χ3v) is 7.34. The maximum absolute atomic E-state index is 13.6. The molecule has 1 aromatic rings. The molecule has 9 nitrogen and oxygen atoms in total. The number of aromatic hydroxyl groups is 1. The van der Waals surface area contributed by atoms with Gasteiger partial charge in [-0.2, -0.15) is 0 Å². The monoisotopic (exact) mass is 496 g/mol. The first-order valence-electron chi connectivity index (χ1n) is 12.0. The number of carbonyl (C=O) groups is 4. The van der Waals surface area contributed by atoms with Gasteiger partial charge in [0.25, 0.3) is 5.91 Å². The van der Waals surface area contributed by atoms with E-state index in [4.69, 9.17) is 5.73 Å². The molecule has 1 amide bonds. The summed E-state index contributed by atoms with van der Waals surface area (Å²) in [4.78, 5) is 52.7. The maximum atomic E-state index is 13.6. The number of aliphatic hydroxyl groups excluding tert-OH is 2. The number of nitrogens with two attached hydrogens (primary N) is 1.